The van der Waals surface area contributed by atoms with Gasteiger partial charge in [0.25, 0.3) is 0 Å². The second kappa shape index (κ2) is 10.2. The molecule has 2 aromatic rings. The summed E-state index contributed by atoms with van der Waals surface area (Å²) in [5, 5.41) is 5.68. The molecule has 0 aromatic heterocycles. The molecule has 0 spiro atoms. The van der Waals surface area contributed by atoms with Crippen LogP contribution in [0.15, 0.2) is 57.5 Å². The van der Waals surface area contributed by atoms with E-state index in [1.54, 1.807) is 0 Å². The van der Waals surface area contributed by atoms with E-state index < -0.39 is 4.35 Å². The van der Waals surface area contributed by atoms with E-state index in [-0.39, 0.29) is 20.3 Å². The third kappa shape index (κ3) is 6.26. The van der Waals surface area contributed by atoms with E-state index in [4.69, 9.17) is 0 Å². The van der Waals surface area contributed by atoms with E-state index in [0.717, 1.165) is 20.9 Å². The van der Waals surface area contributed by atoms with Gasteiger partial charge in [-0.05, 0) is 0 Å². The summed E-state index contributed by atoms with van der Waals surface area (Å²) in [6, 6.07) is 16.7. The minimum absolute atomic E-state index is 0.136. The third-order valence-corrected chi connectivity index (χ3v) is 18.2. The molecule has 2 atom stereocenters. The average Bonchev–Trinajstić information content (AvgIpc) is 2.62. The second-order valence-corrected chi connectivity index (χ2v) is 22.2. The molecule has 0 heterocycles. The quantitative estimate of drug-likeness (QED) is 0.253. The molecule has 0 saturated heterocycles. The topological polar surface area (TPSA) is 29.1 Å². The Balaban J connectivity index is 2.21. The number of halogens is 2. The molecule has 0 amide bonds. The van der Waals surface area contributed by atoms with Crippen LogP contribution in [-0.2, 0) is 0 Å². The number of ketones is 1. The molecular weight excluding hydrogens is 595 g/mol. The molecule has 0 fully saturated rings. The monoisotopic (exact) mass is 615 g/mol. The fourth-order valence-corrected chi connectivity index (χ4v) is 14.1. The number of hydrogen-bond donors (Lipinski definition) is 1. The van der Waals surface area contributed by atoms with E-state index in [0.29, 0.717) is 11.4 Å². The summed E-state index contributed by atoms with van der Waals surface area (Å²) < 4.78 is 0.128. The standard InChI is InChI=1S/C18H20Br2NOPSe2/c1-3-13(2)21-23(24,15-7-5-4-6-8-15)25-12-18(22)16-11-14(19)9-10-17(16)20/h4-11,13H,3,12H2,1-2H3,(H,21,24). The number of carbonyl (C=O) groups excluding carboxylic acids is 1. The van der Waals surface area contributed by atoms with Crippen LogP contribution in [-0.4, -0.2) is 41.4 Å². The van der Waals surface area contributed by atoms with Gasteiger partial charge < -0.3 is 0 Å². The summed E-state index contributed by atoms with van der Waals surface area (Å²) in [6.45, 7) is 4.39. The average molecular weight is 615 g/mol. The Hall–Kier alpha value is 0.499. The van der Waals surface area contributed by atoms with Crippen LogP contribution in [0.2, 0.25) is 5.32 Å². The maximum atomic E-state index is 12.8. The minimum atomic E-state index is -1.66. The first-order valence-electron chi connectivity index (χ1n) is 7.92. The Bertz CT molecular complexity index is 786. The molecule has 0 radical (unpaired) electrons. The van der Waals surface area contributed by atoms with Gasteiger partial charge in [0, 0.05) is 0 Å². The zero-order valence-corrected chi connectivity index (χ0v) is 21.5. The van der Waals surface area contributed by atoms with Crippen LogP contribution < -0.4 is 10.4 Å². The van der Waals surface area contributed by atoms with Gasteiger partial charge in [-0.25, -0.2) is 0 Å². The van der Waals surface area contributed by atoms with Crippen molar-refractivity contribution < 1.29 is 4.79 Å². The summed E-state index contributed by atoms with van der Waals surface area (Å²) in [5.74, 6) is 0.190. The molecule has 25 heavy (non-hydrogen) atoms. The number of rotatable bonds is 8. The molecule has 7 heteroatoms. The molecule has 0 bridgehead atoms. The molecule has 0 saturated carbocycles. The van der Waals surface area contributed by atoms with Gasteiger partial charge in [0.15, 0.2) is 0 Å². The third-order valence-electron chi connectivity index (χ3n) is 3.71. The molecule has 2 rings (SSSR count). The number of hydrogen-bond acceptors (Lipinski definition) is 2. The van der Waals surface area contributed by atoms with Crippen molar-refractivity contribution in [3.05, 3.63) is 63.0 Å². The second-order valence-electron chi connectivity index (χ2n) is 5.65. The van der Waals surface area contributed by atoms with E-state index >= 15 is 0 Å². The molecule has 2 aromatic carbocycles. The van der Waals surface area contributed by atoms with Crippen molar-refractivity contribution in [1.82, 2.24) is 5.09 Å². The van der Waals surface area contributed by atoms with E-state index in [1.807, 2.05) is 24.3 Å². The first-order chi connectivity index (χ1) is 11.9. The maximum absolute atomic E-state index is 12.8. The Morgan fingerprint density at radius 3 is 2.56 bits per heavy atom. The molecule has 2 unspecified atom stereocenters. The predicted octanol–water partition coefficient (Wildman–Crippen LogP) is 5.16. The summed E-state index contributed by atoms with van der Waals surface area (Å²) in [5.41, 5.74) is 0.749. The molecule has 134 valence electrons. The molecule has 1 N–H and O–H groups in total. The SMILES string of the molecule is CCC(C)NP(=[Se])([Se]CC(=O)c1cc(Br)ccc1Br)c1ccccc1. The normalized spacial score (nSPS) is 14.7. The van der Waals surface area contributed by atoms with Crippen LogP contribution in [0.1, 0.15) is 30.6 Å². The number of carbonyl (C=O) groups is 1. The van der Waals surface area contributed by atoms with Crippen molar-refractivity contribution in [3.63, 3.8) is 0 Å². The number of Topliss-reactive ketones (excluding diaryl/α,β-unsaturated/α-hetero) is 1. The molecule has 0 aliphatic carbocycles. The van der Waals surface area contributed by atoms with Gasteiger partial charge in [-0.1, -0.05) is 0 Å². The van der Waals surface area contributed by atoms with Gasteiger partial charge in [-0.15, -0.1) is 0 Å². The first kappa shape index (κ1) is 21.8. The fourth-order valence-electron chi connectivity index (χ4n) is 2.13. The van der Waals surface area contributed by atoms with Crippen LogP contribution in [0.3, 0.4) is 0 Å². The van der Waals surface area contributed by atoms with Gasteiger partial charge in [0.05, 0.1) is 0 Å². The Labute approximate surface area is 180 Å². The fraction of sp³-hybridized carbons (Fsp3) is 0.278. The zero-order valence-electron chi connectivity index (χ0n) is 14.0. The molecule has 0 aliphatic heterocycles. The van der Waals surface area contributed by atoms with Gasteiger partial charge >= 0.3 is 181 Å². The Kier molecular flexibility index (Phi) is 8.85. The summed E-state index contributed by atoms with van der Waals surface area (Å²) in [7, 11) is 0. The van der Waals surface area contributed by atoms with Crippen molar-refractivity contribution >= 4 is 76.9 Å². The van der Waals surface area contributed by atoms with E-state index in [1.165, 1.54) is 5.30 Å². The van der Waals surface area contributed by atoms with Gasteiger partial charge in [0.1, 0.15) is 0 Å². The van der Waals surface area contributed by atoms with Gasteiger partial charge in [0.2, 0.25) is 0 Å². The van der Waals surface area contributed by atoms with Crippen LogP contribution in [0.5, 0.6) is 0 Å². The van der Waals surface area contributed by atoms with Crippen molar-refractivity contribution in [3.8, 4) is 0 Å². The van der Waals surface area contributed by atoms with Gasteiger partial charge in [-0.3, -0.25) is 0 Å². The summed E-state index contributed by atoms with van der Waals surface area (Å²) >= 11 is 10.5. The molecular formula is C18H20Br2NOPSe2. The number of benzene rings is 2. The van der Waals surface area contributed by atoms with E-state index in [2.05, 4.69) is 90.2 Å². The molecule has 2 nitrogen and oxygen atoms in total. The van der Waals surface area contributed by atoms with E-state index in [9.17, 15) is 4.79 Å². The van der Waals surface area contributed by atoms with Crippen LogP contribution in [0.25, 0.3) is 0 Å². The van der Waals surface area contributed by atoms with Gasteiger partial charge in [-0.2, -0.15) is 0 Å². The zero-order chi connectivity index (χ0) is 18.4. The van der Waals surface area contributed by atoms with Crippen LogP contribution >= 0.6 is 36.2 Å². The Morgan fingerprint density at radius 1 is 1.24 bits per heavy atom. The van der Waals surface area contributed by atoms with Crippen LogP contribution in [0, 0.1) is 0 Å². The van der Waals surface area contributed by atoms with Crippen molar-refractivity contribution in [2.24, 2.45) is 0 Å². The molecule has 0 aliphatic rings. The predicted molar refractivity (Wildman–Crippen MR) is 118 cm³/mol. The van der Waals surface area contributed by atoms with Crippen LogP contribution in [0.4, 0.5) is 0 Å². The number of nitrogens with one attached hydrogen (secondary N) is 1. The summed E-state index contributed by atoms with van der Waals surface area (Å²) in [6.07, 6.45) is 1.07. The van der Waals surface area contributed by atoms with Crippen molar-refractivity contribution in [1.29, 1.82) is 0 Å². The Morgan fingerprint density at radius 2 is 1.92 bits per heavy atom. The summed E-state index contributed by atoms with van der Waals surface area (Å²) in [4.78, 5) is 12.8. The van der Waals surface area contributed by atoms with Crippen molar-refractivity contribution in [2.45, 2.75) is 31.6 Å². The first-order valence-corrected chi connectivity index (χ1v) is 16.9. The van der Waals surface area contributed by atoms with Crippen molar-refractivity contribution in [2.75, 3.05) is 0 Å².